The van der Waals surface area contributed by atoms with Crippen LogP contribution in [0.15, 0.2) is 41.8 Å². The van der Waals surface area contributed by atoms with Gasteiger partial charge < -0.3 is 10.3 Å². The van der Waals surface area contributed by atoms with Crippen molar-refractivity contribution in [3.8, 4) is 0 Å². The molecule has 0 saturated heterocycles. The third-order valence-corrected chi connectivity index (χ3v) is 3.52. The van der Waals surface area contributed by atoms with Crippen LogP contribution in [0.2, 0.25) is 0 Å². The molecule has 2 rings (SSSR count). The summed E-state index contributed by atoms with van der Waals surface area (Å²) in [5.74, 6) is -0.0739. The number of carbonyl (C=O) groups excluding carboxylic acids is 1. The third-order valence-electron chi connectivity index (χ3n) is 2.49. The summed E-state index contributed by atoms with van der Waals surface area (Å²) in [6.07, 6.45) is 3.64. The van der Waals surface area contributed by atoms with Crippen molar-refractivity contribution in [2.45, 2.75) is 18.6 Å². The molecular formula is C13H15N3OS. The second-order valence-corrected chi connectivity index (χ2v) is 5.02. The van der Waals surface area contributed by atoms with Crippen LogP contribution in [0.5, 0.6) is 0 Å². The summed E-state index contributed by atoms with van der Waals surface area (Å²) in [5.41, 5.74) is 7.58. The third kappa shape index (κ3) is 3.37. The zero-order chi connectivity index (χ0) is 13.0. The SMILES string of the molecule is Cc1ccc(Cn2ccnc2SCC(N)=O)cc1. The highest BCUT2D eigenvalue weighted by atomic mass is 32.2. The Kier molecular flexibility index (Phi) is 4.04. The van der Waals surface area contributed by atoms with Crippen LogP contribution in [0.4, 0.5) is 0 Å². The van der Waals surface area contributed by atoms with Gasteiger partial charge >= 0.3 is 0 Å². The van der Waals surface area contributed by atoms with E-state index in [9.17, 15) is 4.79 Å². The van der Waals surface area contributed by atoms with Crippen LogP contribution in [0.25, 0.3) is 0 Å². The number of nitrogens with zero attached hydrogens (tertiary/aromatic N) is 2. The molecule has 0 unspecified atom stereocenters. The molecule has 0 bridgehead atoms. The number of rotatable bonds is 5. The van der Waals surface area contributed by atoms with Gasteiger partial charge in [0, 0.05) is 18.9 Å². The second-order valence-electron chi connectivity index (χ2n) is 4.08. The largest absolute Gasteiger partial charge is 0.369 e. The Morgan fingerprint density at radius 2 is 2.11 bits per heavy atom. The molecule has 2 N–H and O–H groups in total. The number of aromatic nitrogens is 2. The summed E-state index contributed by atoms with van der Waals surface area (Å²) in [7, 11) is 0. The molecule has 4 nitrogen and oxygen atoms in total. The maximum atomic E-state index is 10.8. The Morgan fingerprint density at radius 1 is 1.39 bits per heavy atom. The van der Waals surface area contributed by atoms with Crippen molar-refractivity contribution in [3.63, 3.8) is 0 Å². The van der Waals surface area contributed by atoms with Gasteiger partial charge in [-0.2, -0.15) is 0 Å². The van der Waals surface area contributed by atoms with E-state index < -0.39 is 0 Å². The molecule has 0 saturated carbocycles. The van der Waals surface area contributed by atoms with Gasteiger partial charge in [0.15, 0.2) is 5.16 Å². The lowest BCUT2D eigenvalue weighted by Gasteiger charge is -2.07. The van der Waals surface area contributed by atoms with Crippen molar-refractivity contribution in [2.75, 3.05) is 5.75 Å². The number of benzene rings is 1. The molecule has 2 aromatic rings. The molecule has 0 aliphatic heterocycles. The number of hydrogen-bond acceptors (Lipinski definition) is 3. The van der Waals surface area contributed by atoms with E-state index in [4.69, 9.17) is 5.73 Å². The molecule has 18 heavy (non-hydrogen) atoms. The summed E-state index contributed by atoms with van der Waals surface area (Å²) in [5, 5.41) is 0.814. The zero-order valence-corrected chi connectivity index (χ0v) is 11.0. The molecule has 0 radical (unpaired) electrons. The van der Waals surface area contributed by atoms with Crippen LogP contribution >= 0.6 is 11.8 Å². The Bertz CT molecular complexity index is 533. The Morgan fingerprint density at radius 3 is 2.78 bits per heavy atom. The normalized spacial score (nSPS) is 10.5. The lowest BCUT2D eigenvalue weighted by Crippen LogP contribution is -2.13. The van der Waals surface area contributed by atoms with Crippen molar-refractivity contribution < 1.29 is 4.79 Å². The number of nitrogens with two attached hydrogens (primary N) is 1. The summed E-state index contributed by atoms with van der Waals surface area (Å²) in [6, 6.07) is 8.36. The molecule has 0 fully saturated rings. The van der Waals surface area contributed by atoms with Crippen LogP contribution in [-0.2, 0) is 11.3 Å². The number of carbonyl (C=O) groups is 1. The van der Waals surface area contributed by atoms with Gasteiger partial charge in [-0.3, -0.25) is 4.79 Å². The average Bonchev–Trinajstić information content (AvgIpc) is 2.77. The van der Waals surface area contributed by atoms with E-state index in [0.717, 1.165) is 11.7 Å². The van der Waals surface area contributed by atoms with E-state index in [1.54, 1.807) is 6.20 Å². The average molecular weight is 261 g/mol. The van der Waals surface area contributed by atoms with Gasteiger partial charge in [0.1, 0.15) is 0 Å². The first-order chi connectivity index (χ1) is 8.65. The summed E-state index contributed by atoms with van der Waals surface area (Å²) >= 11 is 1.36. The van der Waals surface area contributed by atoms with Crippen LogP contribution in [0.3, 0.4) is 0 Å². The van der Waals surface area contributed by atoms with Gasteiger partial charge in [0.2, 0.25) is 5.91 Å². The van der Waals surface area contributed by atoms with Gasteiger partial charge in [-0.25, -0.2) is 4.98 Å². The topological polar surface area (TPSA) is 60.9 Å². The van der Waals surface area contributed by atoms with Crippen molar-refractivity contribution >= 4 is 17.7 Å². The quantitative estimate of drug-likeness (QED) is 0.835. The minimum absolute atomic E-state index is 0.255. The predicted octanol–water partition coefficient (Wildman–Crippen LogP) is 1.82. The number of imidazole rings is 1. The van der Waals surface area contributed by atoms with E-state index in [1.165, 1.54) is 22.9 Å². The first kappa shape index (κ1) is 12.7. The van der Waals surface area contributed by atoms with E-state index in [-0.39, 0.29) is 11.7 Å². The smallest absolute Gasteiger partial charge is 0.227 e. The first-order valence-corrected chi connectivity index (χ1v) is 6.61. The highest BCUT2D eigenvalue weighted by Crippen LogP contribution is 2.16. The van der Waals surface area contributed by atoms with E-state index in [2.05, 4.69) is 36.2 Å². The standard InChI is InChI=1S/C13H15N3OS/c1-10-2-4-11(5-3-10)8-16-7-6-15-13(16)18-9-12(14)17/h2-7H,8-9H2,1H3,(H2,14,17). The minimum Gasteiger partial charge on any atom is -0.369 e. The number of hydrogen-bond donors (Lipinski definition) is 1. The number of aryl methyl sites for hydroxylation is 1. The Labute approximate surface area is 110 Å². The van der Waals surface area contributed by atoms with Gasteiger partial charge in [-0.05, 0) is 12.5 Å². The predicted molar refractivity (Wildman–Crippen MR) is 72.4 cm³/mol. The summed E-state index contributed by atoms with van der Waals surface area (Å²) in [4.78, 5) is 15.0. The Balaban J connectivity index is 2.07. The molecule has 0 spiro atoms. The zero-order valence-electron chi connectivity index (χ0n) is 10.2. The molecule has 1 aromatic heterocycles. The molecule has 1 amide bonds. The van der Waals surface area contributed by atoms with Crippen molar-refractivity contribution in [3.05, 3.63) is 47.8 Å². The summed E-state index contributed by atoms with van der Waals surface area (Å²) in [6.45, 7) is 2.82. The van der Waals surface area contributed by atoms with Gasteiger partial charge in [-0.15, -0.1) is 0 Å². The molecule has 5 heteroatoms. The highest BCUT2D eigenvalue weighted by Gasteiger charge is 2.05. The number of primary amides is 1. The molecule has 1 heterocycles. The van der Waals surface area contributed by atoms with E-state index in [1.807, 2.05) is 10.8 Å². The minimum atomic E-state index is -0.329. The molecule has 94 valence electrons. The van der Waals surface area contributed by atoms with Crippen molar-refractivity contribution in [1.29, 1.82) is 0 Å². The van der Waals surface area contributed by atoms with E-state index >= 15 is 0 Å². The maximum absolute atomic E-state index is 10.8. The van der Waals surface area contributed by atoms with Crippen LogP contribution in [0.1, 0.15) is 11.1 Å². The van der Waals surface area contributed by atoms with Crippen molar-refractivity contribution in [1.82, 2.24) is 9.55 Å². The fourth-order valence-electron chi connectivity index (χ4n) is 1.58. The van der Waals surface area contributed by atoms with Crippen LogP contribution < -0.4 is 5.73 Å². The van der Waals surface area contributed by atoms with Gasteiger partial charge in [0.05, 0.1) is 5.75 Å². The molecule has 0 atom stereocenters. The molecular weight excluding hydrogens is 246 g/mol. The second kappa shape index (κ2) is 5.73. The lowest BCUT2D eigenvalue weighted by atomic mass is 10.1. The summed E-state index contributed by atoms with van der Waals surface area (Å²) < 4.78 is 2.01. The molecule has 0 aliphatic carbocycles. The Hall–Kier alpha value is -1.75. The van der Waals surface area contributed by atoms with Crippen LogP contribution in [-0.4, -0.2) is 21.2 Å². The van der Waals surface area contributed by atoms with Crippen molar-refractivity contribution in [2.24, 2.45) is 5.73 Å². The number of thioether (sulfide) groups is 1. The fourth-order valence-corrected chi connectivity index (χ4v) is 2.28. The first-order valence-electron chi connectivity index (χ1n) is 5.63. The molecule has 0 aliphatic rings. The van der Waals surface area contributed by atoms with Gasteiger partial charge in [0.25, 0.3) is 0 Å². The maximum Gasteiger partial charge on any atom is 0.227 e. The number of amides is 1. The lowest BCUT2D eigenvalue weighted by molar-refractivity contribution is -0.115. The highest BCUT2D eigenvalue weighted by molar-refractivity contribution is 7.99. The van der Waals surface area contributed by atoms with Crippen LogP contribution in [0, 0.1) is 6.92 Å². The molecule has 1 aromatic carbocycles. The van der Waals surface area contributed by atoms with Gasteiger partial charge in [-0.1, -0.05) is 41.6 Å². The monoisotopic (exact) mass is 261 g/mol. The van der Waals surface area contributed by atoms with E-state index in [0.29, 0.717) is 0 Å². The fraction of sp³-hybridized carbons (Fsp3) is 0.231.